The summed E-state index contributed by atoms with van der Waals surface area (Å²) in [6.45, 7) is 19.9. The first-order chi connectivity index (χ1) is 42.4. The Morgan fingerprint density at radius 3 is 1.11 bits per heavy atom. The normalized spacial score (nSPS) is 21.3. The van der Waals surface area contributed by atoms with Gasteiger partial charge in [0.15, 0.2) is 12.2 Å². The first-order valence-electron chi connectivity index (χ1n) is 30.9. The Morgan fingerprint density at radius 1 is 0.449 bits per heavy atom. The zero-order chi connectivity index (χ0) is 64.8. The number of nitrogens with one attached hydrogen (secondary N) is 6. The molecule has 0 radical (unpaired) electrons. The van der Waals surface area contributed by atoms with Gasteiger partial charge in [0.1, 0.15) is 66.4 Å². The zero-order valence-electron chi connectivity index (χ0n) is 53.6. The highest BCUT2D eigenvalue weighted by Gasteiger charge is 2.52. The summed E-state index contributed by atoms with van der Waals surface area (Å²) in [7, 11) is 1.24. The summed E-state index contributed by atoms with van der Waals surface area (Å²) in [5.74, 6) is -4.82. The Bertz CT molecular complexity index is 2860. The maximum atomic E-state index is 14.9. The fourth-order valence-corrected chi connectivity index (χ4v) is 10.4. The van der Waals surface area contributed by atoms with Crippen LogP contribution in [-0.4, -0.2) is 140 Å². The third-order valence-electron chi connectivity index (χ3n) is 14.9. The van der Waals surface area contributed by atoms with Crippen molar-refractivity contribution in [1.29, 1.82) is 0 Å². The SMILES string of the molecule is COC(=O)[C@@H](NC(=O)[C@H](CC(C)C)NC(=O)[C@@H]1O[C@H](CNC(=O)[C@@H](NC(=O)[C@H](CC(C)C)NC(=O)[C@@H]2O[C@H](CNC(=O)OC(C)(C)C)[C@@H](OCc3ccccc3)[C@@H]2OCc2ccccc2)C(C)C)[C@@H](OCc2ccccc2)[C@@H]1OCc1ccccc1)C(C)C. The Labute approximate surface area is 524 Å². The third-order valence-corrected chi connectivity index (χ3v) is 14.9. The van der Waals surface area contributed by atoms with Crippen LogP contribution >= 0.6 is 0 Å². The Balaban J connectivity index is 1.24. The molecule has 0 spiro atoms. The fraction of sp³-hybridized carbons (Fsp3) is 0.544. The van der Waals surface area contributed by atoms with E-state index < -0.39 is 126 Å². The summed E-state index contributed by atoms with van der Waals surface area (Å²) in [5.41, 5.74) is 2.49. The molecule has 0 unspecified atom stereocenters. The molecule has 21 heteroatoms. The minimum atomic E-state index is -1.37. The highest BCUT2D eigenvalue weighted by atomic mass is 16.6. The Kier molecular flexibility index (Phi) is 27.6. The predicted octanol–water partition coefficient (Wildman–Crippen LogP) is 7.02. The van der Waals surface area contributed by atoms with E-state index in [1.165, 1.54) is 7.11 Å². The first kappa shape index (κ1) is 70.8. The number of hydrogen-bond acceptors (Lipinski definition) is 15. The molecule has 0 aliphatic carbocycles. The summed E-state index contributed by atoms with van der Waals surface area (Å²) < 4.78 is 49.9. The van der Waals surface area contributed by atoms with Gasteiger partial charge in [-0.2, -0.15) is 0 Å². The fourth-order valence-electron chi connectivity index (χ4n) is 10.4. The van der Waals surface area contributed by atoms with Gasteiger partial charge in [0.25, 0.3) is 11.8 Å². The third kappa shape index (κ3) is 22.3. The standard InChI is InChI=1S/C68H94N6O15/c1-41(2)33-49(71-65(79)60-58(86-40-48-31-23-16-24-32-48)56(84-38-46-27-19-14-20-28-46)52(88-60)36-70-67(81)89-68(9,10)11)61(75)73-53(43(5)6)63(77)69-35-51-55(83-37-45-25-17-13-18-26-45)57(85-39-47-29-21-15-22-30-47)59(87-51)64(78)72-50(34-42(3)4)62(76)74-54(44(7)8)66(80)82-12/h13-32,41-44,49-60H,33-40H2,1-12H3,(H,69,77)(H,70,81)(H,71,79)(H,72,78)(H,73,75)(H,74,76)/t49-,50-,51+,52+,53-,54-,55+,56+,57-,58-,59+,60+/m0/s1. The van der Waals surface area contributed by atoms with Gasteiger partial charge in [0.05, 0.1) is 33.5 Å². The van der Waals surface area contributed by atoms with Crippen LogP contribution in [0.15, 0.2) is 121 Å². The molecule has 4 aromatic carbocycles. The van der Waals surface area contributed by atoms with Crippen LogP contribution < -0.4 is 31.9 Å². The summed E-state index contributed by atoms with van der Waals surface area (Å²) in [5, 5.41) is 17.2. The summed E-state index contributed by atoms with van der Waals surface area (Å²) in [4.78, 5) is 98.8. The number of benzene rings is 4. The van der Waals surface area contributed by atoms with Crippen molar-refractivity contribution < 1.29 is 71.5 Å². The lowest BCUT2D eigenvalue weighted by atomic mass is 9.99. The van der Waals surface area contributed by atoms with Gasteiger partial charge in [-0.1, -0.05) is 177 Å². The molecular weight excluding hydrogens is 1140 g/mol. The van der Waals surface area contributed by atoms with Crippen LogP contribution in [0.4, 0.5) is 4.79 Å². The molecule has 0 aromatic heterocycles. The molecule has 486 valence electrons. The number of carbonyl (C=O) groups excluding carboxylic acids is 7. The van der Waals surface area contributed by atoms with Gasteiger partial charge in [0, 0.05) is 13.1 Å². The number of hydrogen-bond donors (Lipinski definition) is 6. The molecule has 4 aromatic rings. The van der Waals surface area contributed by atoms with Crippen LogP contribution in [0.25, 0.3) is 0 Å². The van der Waals surface area contributed by atoms with Crippen molar-refractivity contribution >= 4 is 41.6 Å². The molecule has 2 fully saturated rings. The number of carbonyl (C=O) groups is 7. The van der Waals surface area contributed by atoms with E-state index in [2.05, 4.69) is 31.9 Å². The van der Waals surface area contributed by atoms with Gasteiger partial charge in [-0.15, -0.1) is 0 Å². The summed E-state index contributed by atoms with van der Waals surface area (Å²) >= 11 is 0. The van der Waals surface area contributed by atoms with Crippen molar-refractivity contribution in [3.05, 3.63) is 144 Å². The molecule has 2 aliphatic rings. The molecule has 6 N–H and O–H groups in total. The van der Waals surface area contributed by atoms with Crippen molar-refractivity contribution in [2.75, 3.05) is 20.2 Å². The van der Waals surface area contributed by atoms with Crippen LogP contribution in [0.5, 0.6) is 0 Å². The van der Waals surface area contributed by atoms with Gasteiger partial charge >= 0.3 is 12.1 Å². The highest BCUT2D eigenvalue weighted by molar-refractivity contribution is 5.94. The van der Waals surface area contributed by atoms with Crippen molar-refractivity contribution in [2.45, 2.75) is 194 Å². The lowest BCUT2D eigenvalue weighted by Crippen LogP contribution is -2.58. The maximum absolute atomic E-state index is 14.9. The van der Waals surface area contributed by atoms with E-state index in [1.54, 1.807) is 48.5 Å². The van der Waals surface area contributed by atoms with Gasteiger partial charge in [-0.05, 0) is 79.5 Å². The van der Waals surface area contributed by atoms with E-state index in [4.69, 9.17) is 37.9 Å². The van der Waals surface area contributed by atoms with E-state index in [0.29, 0.717) is 0 Å². The van der Waals surface area contributed by atoms with Crippen LogP contribution in [-0.2, 0) is 93.1 Å². The van der Waals surface area contributed by atoms with E-state index >= 15 is 0 Å². The minimum absolute atomic E-state index is 0.0479. The summed E-state index contributed by atoms with van der Waals surface area (Å²) in [6, 6.07) is 33.2. The number of rotatable bonds is 32. The van der Waals surface area contributed by atoms with Crippen molar-refractivity contribution in [3.8, 4) is 0 Å². The Hall–Kier alpha value is -7.27. The highest BCUT2D eigenvalue weighted by Crippen LogP contribution is 2.32. The van der Waals surface area contributed by atoms with Crippen LogP contribution in [0.2, 0.25) is 0 Å². The van der Waals surface area contributed by atoms with E-state index in [9.17, 15) is 33.6 Å². The molecule has 2 aliphatic heterocycles. The van der Waals surface area contributed by atoms with Crippen molar-refractivity contribution in [2.24, 2.45) is 23.7 Å². The summed E-state index contributed by atoms with van der Waals surface area (Å²) in [6.07, 6.45) is -8.98. The van der Waals surface area contributed by atoms with Crippen molar-refractivity contribution in [3.63, 3.8) is 0 Å². The number of esters is 1. The predicted molar refractivity (Wildman–Crippen MR) is 333 cm³/mol. The molecule has 12 atom stereocenters. The Morgan fingerprint density at radius 2 is 0.787 bits per heavy atom. The topological polar surface area (TPSA) is 266 Å². The number of ether oxygens (including phenoxy) is 8. The van der Waals surface area contributed by atoms with Crippen LogP contribution in [0, 0.1) is 23.7 Å². The first-order valence-corrected chi connectivity index (χ1v) is 30.9. The number of alkyl carbamates (subject to hydrolysis) is 1. The molecule has 21 nitrogen and oxygen atoms in total. The smallest absolute Gasteiger partial charge is 0.407 e. The second-order valence-corrected chi connectivity index (χ2v) is 25.2. The van der Waals surface area contributed by atoms with Gasteiger partial charge in [-0.3, -0.25) is 24.0 Å². The second kappa shape index (κ2) is 34.6. The zero-order valence-corrected chi connectivity index (χ0v) is 53.6. The van der Waals surface area contributed by atoms with E-state index in [0.717, 1.165) is 22.3 Å². The maximum Gasteiger partial charge on any atom is 0.407 e. The quantitative estimate of drug-likeness (QED) is 0.0268. The second-order valence-electron chi connectivity index (χ2n) is 25.2. The minimum Gasteiger partial charge on any atom is -0.467 e. The number of amides is 6. The monoisotopic (exact) mass is 1230 g/mol. The van der Waals surface area contributed by atoms with Crippen LogP contribution in [0.3, 0.4) is 0 Å². The van der Waals surface area contributed by atoms with Gasteiger partial charge < -0.3 is 69.8 Å². The van der Waals surface area contributed by atoms with Crippen LogP contribution in [0.1, 0.15) is 111 Å². The molecule has 2 saturated heterocycles. The molecule has 89 heavy (non-hydrogen) atoms. The lowest BCUT2D eigenvalue weighted by molar-refractivity contribution is -0.147. The largest absolute Gasteiger partial charge is 0.467 e. The molecule has 0 bridgehead atoms. The van der Waals surface area contributed by atoms with Gasteiger partial charge in [-0.25, -0.2) is 9.59 Å². The number of methoxy groups -OCH3 is 1. The molecule has 2 heterocycles. The van der Waals surface area contributed by atoms with E-state index in [1.807, 2.05) is 149 Å². The molecule has 6 amide bonds. The average Bonchev–Trinajstić information content (AvgIpc) is 3.49. The van der Waals surface area contributed by atoms with E-state index in [-0.39, 0.29) is 70.1 Å². The van der Waals surface area contributed by atoms with Gasteiger partial charge in [0.2, 0.25) is 17.7 Å². The molecule has 6 rings (SSSR count). The molecule has 0 saturated carbocycles. The molecular formula is C68H94N6O15. The van der Waals surface area contributed by atoms with Crippen molar-refractivity contribution in [1.82, 2.24) is 31.9 Å². The average molecular weight is 1240 g/mol. The lowest BCUT2D eigenvalue weighted by Gasteiger charge is -2.29.